The molecule has 104 valence electrons. The molecule has 0 aliphatic heterocycles. The fraction of sp³-hybridized carbons (Fsp3) is 1.00. The summed E-state index contributed by atoms with van der Waals surface area (Å²) >= 11 is 0. The van der Waals surface area contributed by atoms with Crippen LogP contribution in [0.5, 0.6) is 0 Å². The molecule has 0 saturated carbocycles. The van der Waals surface area contributed by atoms with E-state index in [1.807, 2.05) is 0 Å². The minimum atomic E-state index is 0.218. The molecule has 0 aromatic carbocycles. The van der Waals surface area contributed by atoms with Crippen LogP contribution >= 0.6 is 0 Å². The van der Waals surface area contributed by atoms with Crippen LogP contribution in [0.25, 0.3) is 0 Å². The highest BCUT2D eigenvalue weighted by Crippen LogP contribution is 2.17. The van der Waals surface area contributed by atoms with E-state index in [1.54, 1.807) is 0 Å². The second kappa shape index (κ2) is 6.75. The zero-order valence-corrected chi connectivity index (χ0v) is 13.5. The van der Waals surface area contributed by atoms with E-state index < -0.39 is 0 Å². The molecule has 0 bridgehead atoms. The van der Waals surface area contributed by atoms with Crippen LogP contribution in [-0.2, 0) is 0 Å². The van der Waals surface area contributed by atoms with Crippen molar-refractivity contribution in [3.05, 3.63) is 0 Å². The Bertz CT molecular complexity index is 205. The first kappa shape index (κ1) is 16.9. The van der Waals surface area contributed by atoms with Gasteiger partial charge in [0.05, 0.1) is 0 Å². The monoisotopic (exact) mass is 242 g/mol. The van der Waals surface area contributed by atoms with Gasteiger partial charge in [0.15, 0.2) is 0 Å². The van der Waals surface area contributed by atoms with Gasteiger partial charge in [-0.05, 0) is 60.0 Å². The van der Waals surface area contributed by atoms with Crippen LogP contribution in [0.4, 0.5) is 0 Å². The summed E-state index contributed by atoms with van der Waals surface area (Å²) in [4.78, 5) is 2.51. The van der Waals surface area contributed by atoms with Gasteiger partial charge in [-0.3, -0.25) is 0 Å². The van der Waals surface area contributed by atoms with E-state index in [0.29, 0.717) is 23.9 Å². The van der Waals surface area contributed by atoms with E-state index in [-0.39, 0.29) is 5.54 Å². The van der Waals surface area contributed by atoms with Gasteiger partial charge >= 0.3 is 0 Å². The first-order valence-corrected chi connectivity index (χ1v) is 7.03. The van der Waals surface area contributed by atoms with E-state index in [0.717, 1.165) is 6.54 Å². The maximum atomic E-state index is 3.60. The third-order valence-electron chi connectivity index (χ3n) is 4.03. The standard InChI is InChI=1S/C15H34N2/c1-11(2)13(4)17(9)14(5)12(3)10-16-15(6,7)8/h11-14,16H,10H2,1-9H3. The Labute approximate surface area is 109 Å². The third-order valence-corrected chi connectivity index (χ3v) is 4.03. The molecule has 0 spiro atoms. The first-order valence-electron chi connectivity index (χ1n) is 7.03. The van der Waals surface area contributed by atoms with Crippen LogP contribution < -0.4 is 5.32 Å². The Morgan fingerprint density at radius 2 is 1.41 bits per heavy atom. The molecule has 0 saturated heterocycles. The second-order valence-electron chi connectivity index (χ2n) is 7.00. The second-order valence-corrected chi connectivity index (χ2v) is 7.00. The molecule has 0 aromatic rings. The summed E-state index contributed by atoms with van der Waals surface area (Å²) in [5.74, 6) is 1.38. The van der Waals surface area contributed by atoms with Crippen molar-refractivity contribution in [2.24, 2.45) is 11.8 Å². The Hall–Kier alpha value is -0.0800. The van der Waals surface area contributed by atoms with Gasteiger partial charge in [0.1, 0.15) is 0 Å². The largest absolute Gasteiger partial charge is 0.312 e. The van der Waals surface area contributed by atoms with Crippen LogP contribution in [-0.4, -0.2) is 36.1 Å². The molecule has 0 amide bonds. The SMILES string of the molecule is CC(C)C(C)N(C)C(C)C(C)CNC(C)(C)C. The number of hydrogen-bond acceptors (Lipinski definition) is 2. The predicted molar refractivity (Wildman–Crippen MR) is 78.4 cm³/mol. The number of nitrogens with one attached hydrogen (secondary N) is 1. The van der Waals surface area contributed by atoms with Crippen LogP contribution in [0.2, 0.25) is 0 Å². The van der Waals surface area contributed by atoms with Crippen molar-refractivity contribution in [1.82, 2.24) is 10.2 Å². The summed E-state index contributed by atoms with van der Waals surface area (Å²) in [6, 6.07) is 1.25. The summed E-state index contributed by atoms with van der Waals surface area (Å²) in [6.07, 6.45) is 0. The van der Waals surface area contributed by atoms with Gasteiger partial charge in [-0.1, -0.05) is 20.8 Å². The van der Waals surface area contributed by atoms with Crippen LogP contribution in [0.3, 0.4) is 0 Å². The topological polar surface area (TPSA) is 15.3 Å². The van der Waals surface area contributed by atoms with E-state index in [4.69, 9.17) is 0 Å². The van der Waals surface area contributed by atoms with E-state index in [2.05, 4.69) is 72.7 Å². The molecule has 0 aliphatic carbocycles. The average molecular weight is 242 g/mol. The zero-order valence-electron chi connectivity index (χ0n) is 13.5. The molecule has 1 N–H and O–H groups in total. The quantitative estimate of drug-likeness (QED) is 0.768. The molecule has 2 heteroatoms. The predicted octanol–water partition coefficient (Wildman–Crippen LogP) is 3.38. The molecule has 0 rings (SSSR count). The van der Waals surface area contributed by atoms with Crippen molar-refractivity contribution in [2.45, 2.75) is 73.0 Å². The van der Waals surface area contributed by atoms with Crippen molar-refractivity contribution in [2.75, 3.05) is 13.6 Å². The molecule has 17 heavy (non-hydrogen) atoms. The van der Waals surface area contributed by atoms with Gasteiger partial charge in [0.25, 0.3) is 0 Å². The van der Waals surface area contributed by atoms with Crippen molar-refractivity contribution in [3.63, 3.8) is 0 Å². The van der Waals surface area contributed by atoms with Gasteiger partial charge in [0, 0.05) is 17.6 Å². The van der Waals surface area contributed by atoms with Gasteiger partial charge in [-0.15, -0.1) is 0 Å². The molecular weight excluding hydrogens is 208 g/mol. The minimum Gasteiger partial charge on any atom is -0.312 e. The van der Waals surface area contributed by atoms with E-state index >= 15 is 0 Å². The van der Waals surface area contributed by atoms with Gasteiger partial charge in [0.2, 0.25) is 0 Å². The lowest BCUT2D eigenvalue weighted by atomic mass is 9.96. The Morgan fingerprint density at radius 1 is 0.941 bits per heavy atom. The fourth-order valence-electron chi connectivity index (χ4n) is 1.88. The summed E-state index contributed by atoms with van der Waals surface area (Å²) in [5, 5.41) is 3.60. The minimum absolute atomic E-state index is 0.218. The maximum absolute atomic E-state index is 3.60. The average Bonchev–Trinajstić information content (AvgIpc) is 2.21. The Morgan fingerprint density at radius 3 is 1.76 bits per heavy atom. The summed E-state index contributed by atoms with van der Waals surface area (Å²) in [7, 11) is 2.25. The van der Waals surface area contributed by atoms with Gasteiger partial charge in [-0.2, -0.15) is 0 Å². The molecule has 0 aliphatic rings. The van der Waals surface area contributed by atoms with Crippen LogP contribution in [0.1, 0.15) is 55.4 Å². The summed E-state index contributed by atoms with van der Waals surface area (Å²) in [6.45, 7) is 19.4. The van der Waals surface area contributed by atoms with Crippen molar-refractivity contribution in [3.8, 4) is 0 Å². The Kier molecular flexibility index (Phi) is 6.71. The molecule has 2 nitrogen and oxygen atoms in total. The van der Waals surface area contributed by atoms with E-state index in [9.17, 15) is 0 Å². The van der Waals surface area contributed by atoms with Gasteiger partial charge in [-0.25, -0.2) is 0 Å². The molecular formula is C15H34N2. The highest BCUT2D eigenvalue weighted by molar-refractivity contribution is 4.80. The summed E-state index contributed by atoms with van der Waals surface area (Å²) < 4.78 is 0. The van der Waals surface area contributed by atoms with Crippen LogP contribution in [0, 0.1) is 11.8 Å². The normalized spacial score (nSPS) is 18.5. The lowest BCUT2D eigenvalue weighted by Crippen LogP contribution is -2.47. The number of rotatable bonds is 6. The molecule has 0 radical (unpaired) electrons. The number of hydrogen-bond donors (Lipinski definition) is 1. The summed E-state index contributed by atoms with van der Waals surface area (Å²) in [5.41, 5.74) is 0.218. The van der Waals surface area contributed by atoms with Crippen molar-refractivity contribution < 1.29 is 0 Å². The molecule has 0 fully saturated rings. The van der Waals surface area contributed by atoms with Crippen molar-refractivity contribution in [1.29, 1.82) is 0 Å². The third kappa shape index (κ3) is 6.42. The van der Waals surface area contributed by atoms with Crippen LogP contribution in [0.15, 0.2) is 0 Å². The lowest BCUT2D eigenvalue weighted by molar-refractivity contribution is 0.118. The maximum Gasteiger partial charge on any atom is 0.0105 e. The molecule has 0 heterocycles. The molecule has 0 aromatic heterocycles. The van der Waals surface area contributed by atoms with E-state index in [1.165, 1.54) is 0 Å². The zero-order chi connectivity index (χ0) is 13.8. The first-order chi connectivity index (χ1) is 7.56. The van der Waals surface area contributed by atoms with Gasteiger partial charge < -0.3 is 10.2 Å². The fourth-order valence-corrected chi connectivity index (χ4v) is 1.88. The van der Waals surface area contributed by atoms with Crippen molar-refractivity contribution >= 4 is 0 Å². The lowest BCUT2D eigenvalue weighted by Gasteiger charge is -2.37. The molecule has 3 unspecified atom stereocenters. The highest BCUT2D eigenvalue weighted by Gasteiger charge is 2.23. The highest BCUT2D eigenvalue weighted by atomic mass is 15.2. The number of nitrogens with zero attached hydrogens (tertiary/aromatic N) is 1. The Balaban J connectivity index is 4.25. The molecule has 3 atom stereocenters. The smallest absolute Gasteiger partial charge is 0.0105 e.